The van der Waals surface area contributed by atoms with E-state index in [1.165, 1.54) is 0 Å². The van der Waals surface area contributed by atoms with Gasteiger partial charge in [0.25, 0.3) is 0 Å². The molecule has 0 bridgehead atoms. The molecule has 1 unspecified atom stereocenters. The average molecular weight is 264 g/mol. The Bertz CT molecular complexity index is 354. The number of benzene rings is 1. The molecule has 4 heteroatoms. The second kappa shape index (κ2) is 9.53. The monoisotopic (exact) mass is 264 g/mol. The third-order valence-electron chi connectivity index (χ3n) is 2.70. The van der Waals surface area contributed by atoms with Crippen LogP contribution in [0.1, 0.15) is 26.7 Å². The zero-order chi connectivity index (χ0) is 13.9. The minimum atomic E-state index is -0.202. The Hall–Kier alpha value is -1.39. The van der Waals surface area contributed by atoms with Crippen molar-refractivity contribution >= 4 is 11.6 Å². The van der Waals surface area contributed by atoms with Crippen molar-refractivity contribution in [1.82, 2.24) is 5.32 Å². The van der Waals surface area contributed by atoms with Crippen molar-refractivity contribution in [2.24, 2.45) is 0 Å². The van der Waals surface area contributed by atoms with Gasteiger partial charge in [0.1, 0.15) is 0 Å². The van der Waals surface area contributed by atoms with Crippen LogP contribution in [0.2, 0.25) is 0 Å². The Morgan fingerprint density at radius 3 is 2.68 bits per heavy atom. The van der Waals surface area contributed by atoms with Gasteiger partial charge in [0.15, 0.2) is 0 Å². The van der Waals surface area contributed by atoms with Crippen molar-refractivity contribution in [1.29, 1.82) is 0 Å². The summed E-state index contributed by atoms with van der Waals surface area (Å²) < 4.78 is 5.38. The second-order valence-electron chi connectivity index (χ2n) is 4.50. The molecule has 0 saturated heterocycles. The number of anilines is 1. The van der Waals surface area contributed by atoms with E-state index in [2.05, 4.69) is 17.6 Å². The highest BCUT2D eigenvalue weighted by atomic mass is 16.5. The first-order valence-electron chi connectivity index (χ1n) is 6.91. The number of carbonyl (C=O) groups is 1. The van der Waals surface area contributed by atoms with E-state index in [-0.39, 0.29) is 11.9 Å². The molecule has 0 aliphatic heterocycles. The summed E-state index contributed by atoms with van der Waals surface area (Å²) in [7, 11) is 0. The van der Waals surface area contributed by atoms with Crippen molar-refractivity contribution in [3.8, 4) is 0 Å². The largest absolute Gasteiger partial charge is 0.381 e. The van der Waals surface area contributed by atoms with Crippen molar-refractivity contribution in [3.05, 3.63) is 30.3 Å². The summed E-state index contributed by atoms with van der Waals surface area (Å²) in [4.78, 5) is 11.9. The molecule has 0 aromatic heterocycles. The van der Waals surface area contributed by atoms with E-state index in [1.807, 2.05) is 37.3 Å². The third kappa shape index (κ3) is 6.94. The maximum absolute atomic E-state index is 11.9. The van der Waals surface area contributed by atoms with E-state index >= 15 is 0 Å². The molecule has 0 fully saturated rings. The number of nitrogens with one attached hydrogen (secondary N) is 2. The molecule has 2 N–H and O–H groups in total. The van der Waals surface area contributed by atoms with E-state index in [1.54, 1.807) is 0 Å². The van der Waals surface area contributed by atoms with E-state index in [0.29, 0.717) is 0 Å². The van der Waals surface area contributed by atoms with Crippen molar-refractivity contribution in [3.63, 3.8) is 0 Å². The van der Waals surface area contributed by atoms with E-state index in [0.717, 1.165) is 38.3 Å². The number of para-hydroxylation sites is 1. The molecular formula is C15H24N2O2. The Labute approximate surface area is 115 Å². The predicted octanol–water partition coefficient (Wildman–Crippen LogP) is 2.42. The van der Waals surface area contributed by atoms with Gasteiger partial charge < -0.3 is 15.4 Å². The number of carbonyl (C=O) groups excluding carboxylic acids is 1. The molecule has 19 heavy (non-hydrogen) atoms. The maximum Gasteiger partial charge on any atom is 0.241 e. The molecule has 0 aliphatic carbocycles. The molecule has 1 rings (SSSR count). The van der Waals surface area contributed by atoms with Crippen LogP contribution in [-0.2, 0) is 9.53 Å². The lowest BCUT2D eigenvalue weighted by Gasteiger charge is -2.14. The molecule has 1 aromatic carbocycles. The number of ether oxygens (including phenoxy) is 1. The number of amides is 1. The second-order valence-corrected chi connectivity index (χ2v) is 4.50. The minimum Gasteiger partial charge on any atom is -0.381 e. The Morgan fingerprint density at radius 2 is 2.00 bits per heavy atom. The van der Waals surface area contributed by atoms with Crippen LogP contribution in [0.25, 0.3) is 0 Å². The molecule has 106 valence electrons. The van der Waals surface area contributed by atoms with Crippen LogP contribution in [0.3, 0.4) is 0 Å². The maximum atomic E-state index is 11.9. The van der Waals surface area contributed by atoms with E-state index < -0.39 is 0 Å². The summed E-state index contributed by atoms with van der Waals surface area (Å²) in [6.45, 7) is 6.30. The quantitative estimate of drug-likeness (QED) is 0.673. The van der Waals surface area contributed by atoms with Crippen LogP contribution in [0.15, 0.2) is 30.3 Å². The highest BCUT2D eigenvalue weighted by Crippen LogP contribution is 2.05. The van der Waals surface area contributed by atoms with Crippen molar-refractivity contribution < 1.29 is 9.53 Å². The summed E-state index contributed by atoms with van der Waals surface area (Å²) in [5, 5.41) is 6.06. The fourth-order valence-electron chi connectivity index (χ4n) is 1.60. The van der Waals surface area contributed by atoms with Crippen LogP contribution in [0.4, 0.5) is 5.69 Å². The average Bonchev–Trinajstić information content (AvgIpc) is 2.43. The molecule has 1 amide bonds. The van der Waals surface area contributed by atoms with Gasteiger partial charge in [-0.05, 0) is 38.4 Å². The Balaban J connectivity index is 2.15. The normalized spacial score (nSPS) is 12.1. The number of rotatable bonds is 9. The number of hydrogen-bond donors (Lipinski definition) is 2. The first kappa shape index (κ1) is 15.7. The SMILES string of the molecule is CCCOCCCNC(C)C(=O)Nc1ccccc1. The summed E-state index contributed by atoms with van der Waals surface area (Å²) in [5.41, 5.74) is 0.826. The zero-order valence-corrected chi connectivity index (χ0v) is 11.8. The topological polar surface area (TPSA) is 50.4 Å². The van der Waals surface area contributed by atoms with Crippen LogP contribution in [-0.4, -0.2) is 31.7 Å². The van der Waals surface area contributed by atoms with Gasteiger partial charge in [0.05, 0.1) is 6.04 Å². The molecule has 0 radical (unpaired) electrons. The molecule has 1 atom stereocenters. The van der Waals surface area contributed by atoms with Crippen molar-refractivity contribution in [2.75, 3.05) is 25.1 Å². The van der Waals surface area contributed by atoms with Gasteiger partial charge in [-0.1, -0.05) is 25.1 Å². The van der Waals surface area contributed by atoms with E-state index in [9.17, 15) is 4.79 Å². The van der Waals surface area contributed by atoms with Gasteiger partial charge in [-0.3, -0.25) is 4.79 Å². The van der Waals surface area contributed by atoms with Crippen LogP contribution in [0.5, 0.6) is 0 Å². The van der Waals surface area contributed by atoms with Gasteiger partial charge in [-0.15, -0.1) is 0 Å². The number of hydrogen-bond acceptors (Lipinski definition) is 3. The molecule has 4 nitrogen and oxygen atoms in total. The van der Waals surface area contributed by atoms with Crippen LogP contribution >= 0.6 is 0 Å². The molecule has 0 saturated carbocycles. The van der Waals surface area contributed by atoms with E-state index in [4.69, 9.17) is 4.74 Å². The molecule has 1 aromatic rings. The summed E-state index contributed by atoms with van der Waals surface area (Å²) in [6.07, 6.45) is 1.96. The molecule has 0 spiro atoms. The summed E-state index contributed by atoms with van der Waals surface area (Å²) >= 11 is 0. The predicted molar refractivity (Wildman–Crippen MR) is 78.3 cm³/mol. The summed E-state index contributed by atoms with van der Waals surface area (Å²) in [6, 6.07) is 9.28. The molecule has 0 heterocycles. The zero-order valence-electron chi connectivity index (χ0n) is 11.8. The minimum absolute atomic E-state index is 0.0133. The smallest absolute Gasteiger partial charge is 0.241 e. The first-order chi connectivity index (χ1) is 9.24. The van der Waals surface area contributed by atoms with Gasteiger partial charge in [0.2, 0.25) is 5.91 Å². The van der Waals surface area contributed by atoms with Crippen LogP contribution in [0, 0.1) is 0 Å². The molecule has 0 aliphatic rings. The van der Waals surface area contributed by atoms with Gasteiger partial charge in [-0.25, -0.2) is 0 Å². The molecular weight excluding hydrogens is 240 g/mol. The van der Waals surface area contributed by atoms with Crippen LogP contribution < -0.4 is 10.6 Å². The van der Waals surface area contributed by atoms with Crippen molar-refractivity contribution in [2.45, 2.75) is 32.7 Å². The van der Waals surface area contributed by atoms with Gasteiger partial charge in [-0.2, -0.15) is 0 Å². The van der Waals surface area contributed by atoms with Gasteiger partial charge >= 0.3 is 0 Å². The highest BCUT2D eigenvalue weighted by Gasteiger charge is 2.11. The van der Waals surface area contributed by atoms with Gasteiger partial charge in [0, 0.05) is 18.9 Å². The first-order valence-corrected chi connectivity index (χ1v) is 6.91. The third-order valence-corrected chi connectivity index (χ3v) is 2.70. The Kier molecular flexibility index (Phi) is 7.86. The lowest BCUT2D eigenvalue weighted by Crippen LogP contribution is -2.38. The highest BCUT2D eigenvalue weighted by molar-refractivity contribution is 5.94. The standard InChI is InChI=1S/C15H24N2O2/c1-3-11-19-12-7-10-16-13(2)15(18)17-14-8-5-4-6-9-14/h4-6,8-9,13,16H,3,7,10-12H2,1-2H3,(H,17,18). The fraction of sp³-hybridized carbons (Fsp3) is 0.533. The lowest BCUT2D eigenvalue weighted by molar-refractivity contribution is -0.117. The summed E-state index contributed by atoms with van der Waals surface area (Å²) in [5.74, 6) is -0.0133. The lowest BCUT2D eigenvalue weighted by atomic mass is 10.2. The Morgan fingerprint density at radius 1 is 1.26 bits per heavy atom. The fourth-order valence-corrected chi connectivity index (χ4v) is 1.60.